The van der Waals surface area contributed by atoms with Crippen molar-refractivity contribution < 1.29 is 0 Å². The van der Waals surface area contributed by atoms with E-state index in [2.05, 4.69) is 63.5 Å². The van der Waals surface area contributed by atoms with Crippen LogP contribution < -0.4 is 10.6 Å². The van der Waals surface area contributed by atoms with Gasteiger partial charge in [-0.25, -0.2) is 9.67 Å². The normalized spacial score (nSPS) is 20.0. The predicted molar refractivity (Wildman–Crippen MR) is 129 cm³/mol. The molecule has 1 saturated heterocycles. The number of pyridine rings is 1. The molecule has 160 valence electrons. The summed E-state index contributed by atoms with van der Waals surface area (Å²) < 4.78 is 1.87. The number of aliphatic imine (C=N–C) groups is 1. The molecule has 2 unspecified atom stereocenters. The molecule has 7 nitrogen and oxygen atoms in total. The summed E-state index contributed by atoms with van der Waals surface area (Å²) in [7, 11) is 1.82. The zero-order valence-corrected chi connectivity index (χ0v) is 20.6. The summed E-state index contributed by atoms with van der Waals surface area (Å²) in [5.74, 6) is 2.28. The van der Waals surface area contributed by atoms with Crippen LogP contribution in [0.4, 0.5) is 0 Å². The first-order chi connectivity index (χ1) is 13.4. The molecule has 0 radical (unpaired) electrons. The van der Waals surface area contributed by atoms with Gasteiger partial charge in [-0.05, 0) is 51.3 Å². The number of hydrogen-bond acceptors (Lipinski definition) is 4. The highest BCUT2D eigenvalue weighted by molar-refractivity contribution is 14.0. The lowest BCUT2D eigenvalue weighted by atomic mass is 10.1. The number of rotatable bonds is 5. The van der Waals surface area contributed by atoms with Crippen molar-refractivity contribution in [3.05, 3.63) is 41.3 Å². The Morgan fingerprint density at radius 3 is 2.55 bits per heavy atom. The van der Waals surface area contributed by atoms with E-state index in [9.17, 15) is 0 Å². The van der Waals surface area contributed by atoms with Crippen LogP contribution in [-0.4, -0.2) is 57.8 Å². The maximum atomic E-state index is 4.57. The standard InChI is InChI=1S/C21H33N7.HI/c1-14(2)27-12-15(3)19(13-27)25-21(22-6)24-11-18-7-8-20(23-10-18)28-17(5)9-16(4)26-28;/h7-10,14-15,19H,11-13H2,1-6H3,(H2,22,24,25);1H. The van der Waals surface area contributed by atoms with Gasteiger partial charge in [-0.1, -0.05) is 13.0 Å². The van der Waals surface area contributed by atoms with Crippen molar-refractivity contribution in [3.8, 4) is 5.82 Å². The van der Waals surface area contributed by atoms with Crippen LogP contribution in [0.25, 0.3) is 5.82 Å². The molecular weight excluding hydrogens is 477 g/mol. The van der Waals surface area contributed by atoms with Crippen molar-refractivity contribution in [2.75, 3.05) is 20.1 Å². The molecule has 2 N–H and O–H groups in total. The topological polar surface area (TPSA) is 70.4 Å². The third-order valence-corrected chi connectivity index (χ3v) is 5.41. The first-order valence-corrected chi connectivity index (χ1v) is 10.1. The van der Waals surface area contributed by atoms with E-state index >= 15 is 0 Å². The number of nitrogens with zero attached hydrogens (tertiary/aromatic N) is 5. The Balaban J connectivity index is 0.00000300. The van der Waals surface area contributed by atoms with Crippen molar-refractivity contribution in [1.29, 1.82) is 0 Å². The minimum absolute atomic E-state index is 0. The lowest BCUT2D eigenvalue weighted by molar-refractivity contribution is 0.265. The summed E-state index contributed by atoms with van der Waals surface area (Å²) in [6, 6.07) is 7.14. The molecule has 0 amide bonds. The van der Waals surface area contributed by atoms with Gasteiger partial charge < -0.3 is 10.6 Å². The molecule has 1 aliphatic heterocycles. The van der Waals surface area contributed by atoms with Gasteiger partial charge >= 0.3 is 0 Å². The summed E-state index contributed by atoms with van der Waals surface area (Å²) in [4.78, 5) is 11.5. The van der Waals surface area contributed by atoms with E-state index < -0.39 is 0 Å². The highest BCUT2D eigenvalue weighted by atomic mass is 127. The van der Waals surface area contributed by atoms with Gasteiger partial charge in [0.1, 0.15) is 0 Å². The Labute approximate surface area is 191 Å². The molecule has 0 saturated carbocycles. The predicted octanol–water partition coefficient (Wildman–Crippen LogP) is 2.90. The number of aromatic nitrogens is 3. The molecule has 3 heterocycles. The minimum atomic E-state index is 0. The third-order valence-electron chi connectivity index (χ3n) is 5.41. The fourth-order valence-electron chi connectivity index (χ4n) is 3.68. The highest BCUT2D eigenvalue weighted by Crippen LogP contribution is 2.18. The third kappa shape index (κ3) is 5.91. The Bertz CT molecular complexity index is 813. The smallest absolute Gasteiger partial charge is 0.191 e. The molecule has 0 bridgehead atoms. The summed E-state index contributed by atoms with van der Waals surface area (Å²) in [6.07, 6.45) is 1.89. The number of halogens is 1. The average Bonchev–Trinajstić information content (AvgIpc) is 3.20. The van der Waals surface area contributed by atoms with Crippen LogP contribution in [0.15, 0.2) is 29.4 Å². The number of hydrogen-bond donors (Lipinski definition) is 2. The van der Waals surface area contributed by atoms with Crippen molar-refractivity contribution >= 4 is 29.9 Å². The summed E-state index contributed by atoms with van der Waals surface area (Å²) in [6.45, 7) is 13.7. The molecule has 8 heteroatoms. The number of nitrogens with one attached hydrogen (secondary N) is 2. The first kappa shape index (κ1) is 23.6. The van der Waals surface area contributed by atoms with E-state index in [0.717, 1.165) is 41.8 Å². The molecule has 2 aromatic heterocycles. The van der Waals surface area contributed by atoms with Crippen LogP contribution in [-0.2, 0) is 6.54 Å². The Hall–Kier alpha value is -1.68. The second-order valence-electron chi connectivity index (χ2n) is 8.07. The van der Waals surface area contributed by atoms with Crippen molar-refractivity contribution in [2.24, 2.45) is 10.9 Å². The zero-order chi connectivity index (χ0) is 20.3. The van der Waals surface area contributed by atoms with E-state index in [1.165, 1.54) is 0 Å². The van der Waals surface area contributed by atoms with Gasteiger partial charge in [0, 0.05) is 50.7 Å². The van der Waals surface area contributed by atoms with Gasteiger partial charge in [0.15, 0.2) is 11.8 Å². The summed E-state index contributed by atoms with van der Waals surface area (Å²) >= 11 is 0. The maximum absolute atomic E-state index is 4.57. The minimum Gasteiger partial charge on any atom is -0.352 e. The number of guanidine groups is 1. The Morgan fingerprint density at radius 1 is 1.28 bits per heavy atom. The molecule has 2 atom stereocenters. The van der Waals surface area contributed by atoms with E-state index in [1.807, 2.05) is 37.8 Å². The Kier molecular flexibility index (Phi) is 8.45. The van der Waals surface area contributed by atoms with Gasteiger partial charge in [0.2, 0.25) is 0 Å². The molecule has 1 aliphatic rings. The quantitative estimate of drug-likeness (QED) is 0.367. The van der Waals surface area contributed by atoms with Crippen LogP contribution in [0.1, 0.15) is 37.7 Å². The van der Waals surface area contributed by atoms with Gasteiger partial charge in [0.05, 0.1) is 5.69 Å². The average molecular weight is 511 g/mol. The molecule has 3 rings (SSSR count). The fourth-order valence-corrected chi connectivity index (χ4v) is 3.68. The van der Waals surface area contributed by atoms with E-state index in [4.69, 9.17) is 0 Å². The zero-order valence-electron chi connectivity index (χ0n) is 18.3. The monoisotopic (exact) mass is 511 g/mol. The van der Waals surface area contributed by atoms with Crippen molar-refractivity contribution in [1.82, 2.24) is 30.3 Å². The van der Waals surface area contributed by atoms with Crippen LogP contribution >= 0.6 is 24.0 Å². The molecule has 0 spiro atoms. The second-order valence-corrected chi connectivity index (χ2v) is 8.07. The number of aryl methyl sites for hydroxylation is 2. The van der Waals surface area contributed by atoms with Gasteiger partial charge in [0.25, 0.3) is 0 Å². The highest BCUT2D eigenvalue weighted by Gasteiger charge is 2.31. The largest absolute Gasteiger partial charge is 0.352 e. The molecule has 0 aromatic carbocycles. The van der Waals surface area contributed by atoms with Crippen molar-refractivity contribution in [2.45, 2.75) is 53.2 Å². The second kappa shape index (κ2) is 10.4. The fraction of sp³-hybridized carbons (Fsp3) is 0.571. The number of likely N-dealkylation sites (tertiary alicyclic amines) is 1. The Morgan fingerprint density at radius 2 is 2.03 bits per heavy atom. The van der Waals surface area contributed by atoms with E-state index in [1.54, 1.807) is 0 Å². The molecular formula is C21H34IN7. The molecule has 2 aromatic rings. The van der Waals surface area contributed by atoms with Gasteiger partial charge in [-0.15, -0.1) is 24.0 Å². The summed E-state index contributed by atoms with van der Waals surface area (Å²) in [5, 5.41) is 11.5. The molecule has 29 heavy (non-hydrogen) atoms. The van der Waals surface area contributed by atoms with Crippen molar-refractivity contribution in [3.63, 3.8) is 0 Å². The van der Waals surface area contributed by atoms with Crippen LogP contribution in [0.2, 0.25) is 0 Å². The molecule has 0 aliphatic carbocycles. The van der Waals surface area contributed by atoms with Gasteiger partial charge in [-0.2, -0.15) is 5.10 Å². The van der Waals surface area contributed by atoms with E-state index in [-0.39, 0.29) is 24.0 Å². The van der Waals surface area contributed by atoms with Gasteiger partial charge in [-0.3, -0.25) is 9.89 Å². The maximum Gasteiger partial charge on any atom is 0.191 e. The lowest BCUT2D eigenvalue weighted by Gasteiger charge is -2.22. The van der Waals surface area contributed by atoms with E-state index in [0.29, 0.717) is 24.5 Å². The van der Waals surface area contributed by atoms with Crippen LogP contribution in [0, 0.1) is 19.8 Å². The SMILES string of the molecule is CN=C(NCc1ccc(-n2nc(C)cc2C)nc1)NC1CN(C(C)C)CC1C.I. The lowest BCUT2D eigenvalue weighted by Crippen LogP contribution is -2.46. The summed E-state index contributed by atoms with van der Waals surface area (Å²) in [5.41, 5.74) is 3.19. The van der Waals surface area contributed by atoms with Crippen LogP contribution in [0.3, 0.4) is 0 Å². The van der Waals surface area contributed by atoms with Crippen LogP contribution in [0.5, 0.6) is 0 Å². The first-order valence-electron chi connectivity index (χ1n) is 10.1. The molecule has 1 fully saturated rings.